The molecule has 0 fully saturated rings. The van der Waals surface area contributed by atoms with Crippen LogP contribution in [0.15, 0.2) is 206 Å². The van der Waals surface area contributed by atoms with Crippen LogP contribution in [0.5, 0.6) is 0 Å². The third-order valence-corrected chi connectivity index (χ3v) is 14.4. The van der Waals surface area contributed by atoms with Gasteiger partial charge in [-0.1, -0.05) is 133 Å². The Bertz CT molecular complexity index is 3640. The van der Waals surface area contributed by atoms with Crippen LogP contribution < -0.4 is 10.2 Å². The number of quaternary nitrogens is 1. The lowest BCUT2D eigenvalue weighted by atomic mass is 9.80. The SMILES string of the molecule is CC12C=CC=CC1c1cc(-c3ccc4c(c3)c3ccccc3n4-c3ccccc3)ccc1N2c1cc2c3c(c1)c1ccccc1n3C1[NH2+]c3ccccc3C(c3ccccc3)=C21. The van der Waals surface area contributed by atoms with E-state index in [-0.39, 0.29) is 17.6 Å². The average molecular weight is 794 g/mol. The van der Waals surface area contributed by atoms with Gasteiger partial charge in [-0.2, -0.15) is 0 Å². The summed E-state index contributed by atoms with van der Waals surface area (Å²) in [7, 11) is 0. The van der Waals surface area contributed by atoms with E-state index in [0.29, 0.717) is 0 Å². The molecule has 0 saturated heterocycles. The van der Waals surface area contributed by atoms with E-state index in [0.717, 1.165) is 0 Å². The molecule has 0 spiro atoms. The number of rotatable bonds is 4. The number of hydrogen-bond donors (Lipinski definition) is 1. The highest BCUT2D eigenvalue weighted by Crippen LogP contribution is 2.58. The fourth-order valence-electron chi connectivity index (χ4n) is 11.8. The standard InChI is InChI=1S/C58H40N4/c1-58-31-15-14-23-48(58)46-33-38(37-27-29-52-44(32-37)41-20-9-12-25-50(41)60(52)39-18-6-3-7-19-39)28-30-53(46)62(58)40-34-45-42-21-10-13-26-51(42)61-56(45)47(35-40)55-54(36-16-4-2-5-17-36)43-22-8-11-24-49(43)59-57(55)61/h2-35,48,57,59H,1H3/p+1. The molecule has 292 valence electrons. The zero-order valence-corrected chi connectivity index (χ0v) is 34.2. The van der Waals surface area contributed by atoms with E-state index in [1.165, 1.54) is 111 Å². The second kappa shape index (κ2) is 12.4. The van der Waals surface area contributed by atoms with Gasteiger partial charge in [-0.25, -0.2) is 0 Å². The molecule has 0 radical (unpaired) electrons. The fraction of sp³-hybridized carbons (Fsp3) is 0.0690. The highest BCUT2D eigenvalue weighted by molar-refractivity contribution is 6.19. The van der Waals surface area contributed by atoms with Crippen molar-refractivity contribution in [3.8, 4) is 16.8 Å². The maximum absolute atomic E-state index is 2.64. The summed E-state index contributed by atoms with van der Waals surface area (Å²) in [6.45, 7) is 2.43. The minimum Gasteiger partial charge on any atom is -0.331 e. The summed E-state index contributed by atoms with van der Waals surface area (Å²) >= 11 is 0. The summed E-state index contributed by atoms with van der Waals surface area (Å²) < 4.78 is 5.01. The van der Waals surface area contributed by atoms with E-state index in [4.69, 9.17) is 0 Å². The minimum atomic E-state index is -0.304. The van der Waals surface area contributed by atoms with Gasteiger partial charge in [0.2, 0.25) is 0 Å². The first kappa shape index (κ1) is 34.1. The summed E-state index contributed by atoms with van der Waals surface area (Å²) in [6, 6.07) is 67.8. The molecule has 3 atom stereocenters. The van der Waals surface area contributed by atoms with Crippen LogP contribution in [0, 0.1) is 0 Å². The molecule has 3 aliphatic heterocycles. The Labute approximate surface area is 359 Å². The lowest BCUT2D eigenvalue weighted by Gasteiger charge is -2.39. The van der Waals surface area contributed by atoms with Crippen molar-refractivity contribution in [1.29, 1.82) is 0 Å². The predicted molar refractivity (Wildman–Crippen MR) is 257 cm³/mol. The van der Waals surface area contributed by atoms with Gasteiger partial charge in [-0.05, 0) is 102 Å². The van der Waals surface area contributed by atoms with E-state index in [1.54, 1.807) is 0 Å². The number of benzene rings is 8. The molecule has 0 amide bonds. The Kier molecular flexibility index (Phi) is 6.85. The van der Waals surface area contributed by atoms with E-state index in [1.807, 2.05) is 0 Å². The number of anilines is 2. The number of fused-ring (bicyclic) bond motifs is 13. The smallest absolute Gasteiger partial charge is 0.198 e. The molecule has 3 unspecified atom stereocenters. The van der Waals surface area contributed by atoms with E-state index in [2.05, 4.69) is 233 Å². The quantitative estimate of drug-likeness (QED) is 0.177. The Morgan fingerprint density at radius 1 is 0.516 bits per heavy atom. The number of aromatic nitrogens is 2. The Morgan fingerprint density at radius 3 is 2.06 bits per heavy atom. The highest BCUT2D eigenvalue weighted by atomic mass is 15.2. The molecule has 0 bridgehead atoms. The molecule has 2 aromatic heterocycles. The molecule has 62 heavy (non-hydrogen) atoms. The normalized spacial score (nSPS) is 19.5. The van der Waals surface area contributed by atoms with Crippen LogP contribution in [-0.4, -0.2) is 14.7 Å². The van der Waals surface area contributed by atoms with Gasteiger partial charge in [-0.3, -0.25) is 9.88 Å². The molecule has 4 aliphatic rings. The molecular weight excluding hydrogens is 753 g/mol. The van der Waals surface area contributed by atoms with Gasteiger partial charge in [0.05, 0.1) is 33.2 Å². The van der Waals surface area contributed by atoms with Crippen molar-refractivity contribution in [2.75, 3.05) is 4.90 Å². The van der Waals surface area contributed by atoms with Gasteiger partial charge >= 0.3 is 0 Å². The van der Waals surface area contributed by atoms with Gasteiger partial charge in [0.1, 0.15) is 5.69 Å². The first-order valence-electron chi connectivity index (χ1n) is 21.8. The summed E-state index contributed by atoms with van der Waals surface area (Å²) in [5.41, 5.74) is 20.1. The fourth-order valence-corrected chi connectivity index (χ4v) is 11.8. The van der Waals surface area contributed by atoms with Crippen molar-refractivity contribution >= 4 is 71.8 Å². The molecular formula is C58H41N4+. The average Bonchev–Trinajstić information content (AvgIpc) is 4.03. The zero-order chi connectivity index (χ0) is 40.7. The van der Waals surface area contributed by atoms with Crippen molar-refractivity contribution < 1.29 is 5.32 Å². The molecule has 8 aromatic carbocycles. The first-order valence-corrected chi connectivity index (χ1v) is 21.8. The summed E-state index contributed by atoms with van der Waals surface area (Å²) in [5, 5.41) is 7.65. The Hall–Kier alpha value is -7.66. The van der Waals surface area contributed by atoms with Crippen molar-refractivity contribution in [2.45, 2.75) is 24.5 Å². The maximum Gasteiger partial charge on any atom is 0.198 e. The molecule has 14 rings (SSSR count). The van der Waals surface area contributed by atoms with Crippen LogP contribution in [-0.2, 0) is 0 Å². The van der Waals surface area contributed by atoms with Crippen molar-refractivity contribution in [2.24, 2.45) is 0 Å². The minimum absolute atomic E-state index is 0.0843. The lowest BCUT2D eigenvalue weighted by Crippen LogP contribution is -2.81. The van der Waals surface area contributed by atoms with Gasteiger partial charge < -0.3 is 9.47 Å². The summed E-state index contributed by atoms with van der Waals surface area (Å²) in [4.78, 5) is 2.64. The largest absolute Gasteiger partial charge is 0.331 e. The van der Waals surface area contributed by atoms with Gasteiger partial charge in [0, 0.05) is 61.2 Å². The molecule has 10 aromatic rings. The van der Waals surface area contributed by atoms with Crippen LogP contribution in [0.25, 0.3) is 71.6 Å². The predicted octanol–water partition coefficient (Wildman–Crippen LogP) is 13.4. The maximum atomic E-state index is 2.64. The van der Waals surface area contributed by atoms with Crippen molar-refractivity contribution in [3.63, 3.8) is 0 Å². The molecule has 1 aliphatic carbocycles. The second-order valence-electron chi connectivity index (χ2n) is 17.6. The summed E-state index contributed by atoms with van der Waals surface area (Å²) in [5.74, 6) is 0.179. The number of allylic oxidation sites excluding steroid dienone is 2. The van der Waals surface area contributed by atoms with E-state index in [9.17, 15) is 0 Å². The monoisotopic (exact) mass is 793 g/mol. The third-order valence-electron chi connectivity index (χ3n) is 14.4. The van der Waals surface area contributed by atoms with Gasteiger partial charge in [-0.15, -0.1) is 0 Å². The van der Waals surface area contributed by atoms with Gasteiger partial charge in [0.25, 0.3) is 0 Å². The summed E-state index contributed by atoms with van der Waals surface area (Å²) in [6.07, 6.45) is 9.42. The van der Waals surface area contributed by atoms with Crippen LogP contribution in [0.2, 0.25) is 0 Å². The number of hydrogen-bond acceptors (Lipinski definition) is 1. The van der Waals surface area contributed by atoms with Gasteiger partial charge in [0.15, 0.2) is 6.17 Å². The first-order chi connectivity index (χ1) is 30.6. The lowest BCUT2D eigenvalue weighted by molar-refractivity contribution is -0.618. The third kappa shape index (κ3) is 4.49. The van der Waals surface area contributed by atoms with Crippen molar-refractivity contribution in [3.05, 3.63) is 229 Å². The highest BCUT2D eigenvalue weighted by Gasteiger charge is 2.48. The van der Waals surface area contributed by atoms with Crippen LogP contribution in [0.4, 0.5) is 17.1 Å². The van der Waals surface area contributed by atoms with Crippen LogP contribution >= 0.6 is 0 Å². The number of nitrogens with zero attached hydrogens (tertiary/aromatic N) is 3. The molecule has 2 N–H and O–H groups in total. The second-order valence-corrected chi connectivity index (χ2v) is 17.6. The van der Waals surface area contributed by atoms with Crippen LogP contribution in [0.3, 0.4) is 0 Å². The van der Waals surface area contributed by atoms with E-state index < -0.39 is 0 Å². The Morgan fingerprint density at radius 2 is 1.21 bits per heavy atom. The number of para-hydroxylation sites is 4. The topological polar surface area (TPSA) is 29.7 Å². The number of nitrogens with two attached hydrogens (primary N) is 1. The molecule has 4 heteroatoms. The molecule has 5 heterocycles. The van der Waals surface area contributed by atoms with Crippen LogP contribution in [0.1, 0.15) is 41.3 Å². The molecule has 4 nitrogen and oxygen atoms in total. The zero-order valence-electron chi connectivity index (χ0n) is 34.2. The molecule has 0 saturated carbocycles. The van der Waals surface area contributed by atoms with E-state index >= 15 is 0 Å². The Balaban J connectivity index is 0.978. The van der Waals surface area contributed by atoms with Crippen molar-refractivity contribution in [1.82, 2.24) is 9.13 Å².